The Hall–Kier alpha value is -1.31. The van der Waals surface area contributed by atoms with E-state index in [4.69, 9.17) is 0 Å². The maximum atomic E-state index is 3.41. The van der Waals surface area contributed by atoms with Gasteiger partial charge in [-0.05, 0) is 38.4 Å². The standard InChI is InChI=1S/C18H23N.ClH/c1-18(2,19-3)14-17(15-10-6-4-7-11-15)16-12-8-5-9-13-16;/h4-13,17,19H,14H2,1-3H3;1H. The fraction of sp³-hybridized carbons (Fsp3) is 0.333. The Bertz CT molecular complexity index is 454. The highest BCUT2D eigenvalue weighted by Crippen LogP contribution is 2.32. The first kappa shape index (κ1) is 16.7. The number of halogens is 1. The van der Waals surface area contributed by atoms with E-state index in [1.807, 2.05) is 7.05 Å². The molecule has 0 aliphatic carbocycles. The van der Waals surface area contributed by atoms with Crippen molar-refractivity contribution in [2.45, 2.75) is 31.7 Å². The van der Waals surface area contributed by atoms with Crippen LogP contribution in [0.5, 0.6) is 0 Å². The Morgan fingerprint density at radius 3 is 1.60 bits per heavy atom. The minimum absolute atomic E-state index is 0. The highest BCUT2D eigenvalue weighted by molar-refractivity contribution is 5.85. The minimum Gasteiger partial charge on any atom is -0.315 e. The Balaban J connectivity index is 0.00000200. The van der Waals surface area contributed by atoms with Crippen LogP contribution in [0.1, 0.15) is 37.3 Å². The molecule has 2 rings (SSSR count). The highest BCUT2D eigenvalue weighted by Gasteiger charge is 2.23. The summed E-state index contributed by atoms with van der Waals surface area (Å²) < 4.78 is 0. The molecule has 0 unspecified atom stereocenters. The van der Waals surface area contributed by atoms with E-state index in [-0.39, 0.29) is 17.9 Å². The number of hydrogen-bond acceptors (Lipinski definition) is 1. The summed E-state index contributed by atoms with van der Waals surface area (Å²) >= 11 is 0. The number of benzene rings is 2. The monoisotopic (exact) mass is 289 g/mol. The SMILES string of the molecule is CNC(C)(C)CC(c1ccccc1)c1ccccc1.Cl. The van der Waals surface area contributed by atoms with Crippen LogP contribution in [0.15, 0.2) is 60.7 Å². The van der Waals surface area contributed by atoms with Crippen molar-refractivity contribution in [1.82, 2.24) is 5.32 Å². The summed E-state index contributed by atoms with van der Waals surface area (Å²) in [5.74, 6) is 0.435. The zero-order valence-corrected chi connectivity index (χ0v) is 13.3. The zero-order chi connectivity index (χ0) is 13.7. The van der Waals surface area contributed by atoms with Gasteiger partial charge in [-0.1, -0.05) is 60.7 Å². The molecular formula is C18H24ClN. The summed E-state index contributed by atoms with van der Waals surface area (Å²) in [4.78, 5) is 0. The lowest BCUT2D eigenvalue weighted by Gasteiger charge is -2.30. The Morgan fingerprint density at radius 1 is 0.850 bits per heavy atom. The molecule has 0 aliphatic rings. The van der Waals surface area contributed by atoms with Crippen molar-refractivity contribution >= 4 is 12.4 Å². The molecule has 1 N–H and O–H groups in total. The van der Waals surface area contributed by atoms with Crippen molar-refractivity contribution in [3.63, 3.8) is 0 Å². The normalized spacial score (nSPS) is 11.2. The van der Waals surface area contributed by atoms with Crippen molar-refractivity contribution in [3.8, 4) is 0 Å². The smallest absolute Gasteiger partial charge is 0.0131 e. The van der Waals surface area contributed by atoms with Crippen LogP contribution in [-0.4, -0.2) is 12.6 Å². The van der Waals surface area contributed by atoms with Gasteiger partial charge in [0.2, 0.25) is 0 Å². The lowest BCUT2D eigenvalue weighted by atomic mass is 9.81. The van der Waals surface area contributed by atoms with Gasteiger partial charge in [0.1, 0.15) is 0 Å². The van der Waals surface area contributed by atoms with Gasteiger partial charge in [-0.2, -0.15) is 0 Å². The molecule has 0 spiro atoms. The lowest BCUT2D eigenvalue weighted by molar-refractivity contribution is 0.375. The van der Waals surface area contributed by atoms with Gasteiger partial charge in [-0.3, -0.25) is 0 Å². The molecule has 2 aromatic carbocycles. The maximum absolute atomic E-state index is 3.41. The van der Waals surface area contributed by atoms with E-state index in [2.05, 4.69) is 79.8 Å². The van der Waals surface area contributed by atoms with Crippen molar-refractivity contribution in [2.75, 3.05) is 7.05 Å². The molecule has 1 nitrogen and oxygen atoms in total. The van der Waals surface area contributed by atoms with Crippen LogP contribution < -0.4 is 5.32 Å². The molecule has 0 amide bonds. The summed E-state index contributed by atoms with van der Waals surface area (Å²) in [5.41, 5.74) is 2.89. The van der Waals surface area contributed by atoms with E-state index in [0.29, 0.717) is 5.92 Å². The number of nitrogens with one attached hydrogen (secondary N) is 1. The predicted octanol–water partition coefficient (Wildman–Crippen LogP) is 4.63. The topological polar surface area (TPSA) is 12.0 Å². The quantitative estimate of drug-likeness (QED) is 0.846. The number of hydrogen-bond donors (Lipinski definition) is 1. The second kappa shape index (κ2) is 7.47. The fourth-order valence-electron chi connectivity index (χ4n) is 2.41. The predicted molar refractivity (Wildman–Crippen MR) is 89.7 cm³/mol. The third-order valence-corrected chi connectivity index (χ3v) is 3.80. The van der Waals surface area contributed by atoms with Gasteiger partial charge in [0.05, 0.1) is 0 Å². The third-order valence-electron chi connectivity index (χ3n) is 3.80. The van der Waals surface area contributed by atoms with Crippen LogP contribution in [-0.2, 0) is 0 Å². The van der Waals surface area contributed by atoms with Crippen LogP contribution >= 0.6 is 12.4 Å². The second-order valence-electron chi connectivity index (χ2n) is 5.71. The summed E-state index contributed by atoms with van der Waals surface area (Å²) in [6.45, 7) is 4.51. The molecule has 0 fully saturated rings. The largest absolute Gasteiger partial charge is 0.315 e. The Labute approximate surface area is 128 Å². The van der Waals surface area contributed by atoms with Gasteiger partial charge >= 0.3 is 0 Å². The van der Waals surface area contributed by atoms with Crippen molar-refractivity contribution < 1.29 is 0 Å². The molecule has 0 saturated carbocycles. The van der Waals surface area contributed by atoms with Crippen molar-refractivity contribution in [1.29, 1.82) is 0 Å². The Kier molecular flexibility index (Phi) is 6.25. The van der Waals surface area contributed by atoms with Gasteiger partial charge < -0.3 is 5.32 Å². The molecular weight excluding hydrogens is 266 g/mol. The van der Waals surface area contributed by atoms with Crippen LogP contribution in [0, 0.1) is 0 Å². The number of rotatable bonds is 5. The van der Waals surface area contributed by atoms with Crippen LogP contribution in [0.25, 0.3) is 0 Å². The second-order valence-corrected chi connectivity index (χ2v) is 5.71. The molecule has 2 heteroatoms. The van der Waals surface area contributed by atoms with Crippen LogP contribution in [0.2, 0.25) is 0 Å². The average molecular weight is 290 g/mol. The van der Waals surface area contributed by atoms with E-state index in [1.54, 1.807) is 0 Å². The summed E-state index contributed by atoms with van der Waals surface area (Å²) in [7, 11) is 2.03. The summed E-state index contributed by atoms with van der Waals surface area (Å²) in [5, 5.41) is 3.41. The van der Waals surface area contributed by atoms with Crippen molar-refractivity contribution in [2.24, 2.45) is 0 Å². The van der Waals surface area contributed by atoms with Gasteiger partial charge in [-0.15, -0.1) is 12.4 Å². The molecule has 2 aromatic rings. The molecule has 0 radical (unpaired) electrons. The van der Waals surface area contributed by atoms with Gasteiger partial charge in [-0.25, -0.2) is 0 Å². The molecule has 0 aromatic heterocycles. The lowest BCUT2D eigenvalue weighted by Crippen LogP contribution is -2.37. The van der Waals surface area contributed by atoms with Gasteiger partial charge in [0.25, 0.3) is 0 Å². The molecule has 0 heterocycles. The zero-order valence-electron chi connectivity index (χ0n) is 12.5. The molecule has 108 valence electrons. The van der Waals surface area contributed by atoms with Crippen LogP contribution in [0.4, 0.5) is 0 Å². The molecule has 20 heavy (non-hydrogen) atoms. The minimum atomic E-state index is 0. The fourth-order valence-corrected chi connectivity index (χ4v) is 2.41. The van der Waals surface area contributed by atoms with Crippen LogP contribution in [0.3, 0.4) is 0 Å². The summed E-state index contributed by atoms with van der Waals surface area (Å²) in [6.07, 6.45) is 1.08. The third kappa shape index (κ3) is 4.36. The van der Waals surface area contributed by atoms with E-state index >= 15 is 0 Å². The molecule has 0 atom stereocenters. The first-order valence-electron chi connectivity index (χ1n) is 6.91. The van der Waals surface area contributed by atoms with Crippen molar-refractivity contribution in [3.05, 3.63) is 71.8 Å². The van der Waals surface area contributed by atoms with E-state index in [1.165, 1.54) is 11.1 Å². The highest BCUT2D eigenvalue weighted by atomic mass is 35.5. The summed E-state index contributed by atoms with van der Waals surface area (Å²) in [6, 6.07) is 21.5. The Morgan fingerprint density at radius 2 is 1.25 bits per heavy atom. The first-order chi connectivity index (χ1) is 9.12. The van der Waals surface area contributed by atoms with Gasteiger partial charge in [0.15, 0.2) is 0 Å². The molecule has 0 bridgehead atoms. The van der Waals surface area contributed by atoms with E-state index in [0.717, 1.165) is 6.42 Å². The first-order valence-corrected chi connectivity index (χ1v) is 6.91. The van der Waals surface area contributed by atoms with E-state index in [9.17, 15) is 0 Å². The average Bonchev–Trinajstić information content (AvgIpc) is 2.47. The maximum Gasteiger partial charge on any atom is 0.0131 e. The molecule has 0 saturated heterocycles. The molecule has 0 aliphatic heterocycles. The van der Waals surface area contributed by atoms with Gasteiger partial charge in [0, 0.05) is 11.5 Å². The van der Waals surface area contributed by atoms with E-state index < -0.39 is 0 Å².